The minimum atomic E-state index is -1.08. The van der Waals surface area contributed by atoms with Crippen molar-refractivity contribution in [1.29, 1.82) is 0 Å². The molecule has 1 saturated heterocycles. The van der Waals surface area contributed by atoms with E-state index in [0.717, 1.165) is 10.6 Å². The van der Waals surface area contributed by atoms with Crippen molar-refractivity contribution in [1.82, 2.24) is 15.1 Å². The summed E-state index contributed by atoms with van der Waals surface area (Å²) in [6.45, 7) is 5.94. The van der Waals surface area contributed by atoms with Gasteiger partial charge in [0.1, 0.15) is 5.01 Å². The second-order valence-electron chi connectivity index (χ2n) is 5.98. The Kier molecular flexibility index (Phi) is 7.06. The van der Waals surface area contributed by atoms with Crippen LogP contribution in [-0.4, -0.2) is 57.0 Å². The molecule has 1 aliphatic heterocycles. The quantitative estimate of drug-likeness (QED) is 0.612. The SMILES string of the molecule is CCOc1cc(/C=C2/S/C(=N/c3nnc(C)s3)N(CC)C2=O)ccc1OCC(=O)O. The molecular weight excluding hydrogens is 428 g/mol. The van der Waals surface area contributed by atoms with Crippen molar-refractivity contribution in [2.45, 2.75) is 20.8 Å². The third kappa shape index (κ3) is 5.16. The summed E-state index contributed by atoms with van der Waals surface area (Å²) in [4.78, 5) is 30.1. The lowest BCUT2D eigenvalue weighted by molar-refractivity contribution is -0.139. The smallest absolute Gasteiger partial charge is 0.341 e. The number of benzene rings is 1. The minimum absolute atomic E-state index is 0.147. The molecule has 0 atom stereocenters. The van der Waals surface area contributed by atoms with Crippen molar-refractivity contribution in [2.24, 2.45) is 4.99 Å². The summed E-state index contributed by atoms with van der Waals surface area (Å²) in [6, 6.07) is 5.07. The molecule has 9 nitrogen and oxygen atoms in total. The van der Waals surface area contributed by atoms with Gasteiger partial charge in [-0.3, -0.25) is 9.69 Å². The molecule has 2 heterocycles. The van der Waals surface area contributed by atoms with E-state index in [1.165, 1.54) is 23.1 Å². The summed E-state index contributed by atoms with van der Waals surface area (Å²) in [5, 5.41) is 18.6. The molecule has 11 heteroatoms. The Balaban J connectivity index is 1.88. The van der Waals surface area contributed by atoms with Crippen molar-refractivity contribution >= 4 is 51.4 Å². The third-order valence-electron chi connectivity index (χ3n) is 3.83. The Labute approximate surface area is 181 Å². The molecule has 0 aliphatic carbocycles. The average Bonchev–Trinajstić information content (AvgIpc) is 3.24. The van der Waals surface area contributed by atoms with Gasteiger partial charge in [0.15, 0.2) is 23.3 Å². The molecule has 0 unspecified atom stereocenters. The monoisotopic (exact) mass is 448 g/mol. The largest absolute Gasteiger partial charge is 0.490 e. The number of thioether (sulfide) groups is 1. The Hall–Kier alpha value is -2.92. The predicted octanol–water partition coefficient (Wildman–Crippen LogP) is 3.33. The molecule has 1 N–H and O–H groups in total. The van der Waals surface area contributed by atoms with Gasteiger partial charge in [0.05, 0.1) is 11.5 Å². The molecule has 0 spiro atoms. The molecule has 1 fully saturated rings. The van der Waals surface area contributed by atoms with Gasteiger partial charge in [0.25, 0.3) is 5.91 Å². The molecule has 158 valence electrons. The molecule has 30 heavy (non-hydrogen) atoms. The fourth-order valence-electron chi connectivity index (χ4n) is 2.58. The van der Waals surface area contributed by atoms with Gasteiger partial charge in [-0.05, 0) is 56.3 Å². The normalized spacial score (nSPS) is 16.5. The Morgan fingerprint density at radius 1 is 1.27 bits per heavy atom. The standard InChI is InChI=1S/C19H20N4O5S2/c1-4-23-17(26)15(30-19(23)20-18-22-21-11(3)29-18)9-12-6-7-13(28-10-16(24)25)14(8-12)27-5-2/h6-9H,4-5,10H2,1-3H3,(H,24,25)/b15-9+,20-19+. The molecule has 1 aliphatic rings. The van der Waals surface area contributed by atoms with Crippen LogP contribution in [-0.2, 0) is 9.59 Å². The van der Waals surface area contributed by atoms with Crippen LogP contribution in [0.15, 0.2) is 28.1 Å². The number of hydrogen-bond donors (Lipinski definition) is 1. The molecule has 2 aromatic rings. The molecule has 1 aromatic heterocycles. The third-order valence-corrected chi connectivity index (χ3v) is 5.57. The summed E-state index contributed by atoms with van der Waals surface area (Å²) >= 11 is 2.62. The van der Waals surface area contributed by atoms with E-state index < -0.39 is 12.6 Å². The number of aryl methyl sites for hydroxylation is 1. The van der Waals surface area contributed by atoms with Crippen LogP contribution in [0.3, 0.4) is 0 Å². The zero-order valence-electron chi connectivity index (χ0n) is 16.6. The highest BCUT2D eigenvalue weighted by molar-refractivity contribution is 8.18. The summed E-state index contributed by atoms with van der Waals surface area (Å²) in [7, 11) is 0. The first-order chi connectivity index (χ1) is 14.4. The maximum atomic E-state index is 12.8. The summed E-state index contributed by atoms with van der Waals surface area (Å²) < 4.78 is 10.8. The van der Waals surface area contributed by atoms with Gasteiger partial charge in [0, 0.05) is 6.54 Å². The number of amides is 1. The van der Waals surface area contributed by atoms with Crippen LogP contribution in [0.1, 0.15) is 24.4 Å². The van der Waals surface area contributed by atoms with E-state index in [1.54, 1.807) is 29.2 Å². The number of likely N-dealkylation sites (N-methyl/N-ethyl adjacent to an activating group) is 1. The van der Waals surface area contributed by atoms with E-state index in [4.69, 9.17) is 14.6 Å². The Morgan fingerprint density at radius 2 is 2.07 bits per heavy atom. The highest BCUT2D eigenvalue weighted by atomic mass is 32.2. The van der Waals surface area contributed by atoms with Crippen LogP contribution in [0.2, 0.25) is 0 Å². The minimum Gasteiger partial charge on any atom is -0.490 e. The zero-order chi connectivity index (χ0) is 21.7. The number of carbonyl (C=O) groups excluding carboxylic acids is 1. The van der Waals surface area contributed by atoms with E-state index >= 15 is 0 Å². The Morgan fingerprint density at radius 3 is 2.70 bits per heavy atom. The zero-order valence-corrected chi connectivity index (χ0v) is 18.2. The molecule has 0 radical (unpaired) electrons. The first kappa shape index (κ1) is 21.8. The van der Waals surface area contributed by atoms with Gasteiger partial charge in [-0.2, -0.15) is 4.99 Å². The number of hydrogen-bond acceptors (Lipinski definition) is 9. The molecule has 3 rings (SSSR count). The summed E-state index contributed by atoms with van der Waals surface area (Å²) in [6.07, 6.45) is 1.74. The molecular formula is C19H20N4O5S2. The molecule has 0 saturated carbocycles. The van der Waals surface area contributed by atoms with Gasteiger partial charge in [-0.1, -0.05) is 17.4 Å². The molecule has 0 bridgehead atoms. The molecule has 1 amide bonds. The van der Waals surface area contributed by atoms with Gasteiger partial charge in [0.2, 0.25) is 5.13 Å². The number of carbonyl (C=O) groups is 2. The van der Waals surface area contributed by atoms with Crippen LogP contribution in [0.4, 0.5) is 5.13 Å². The van der Waals surface area contributed by atoms with E-state index in [2.05, 4.69) is 15.2 Å². The van der Waals surface area contributed by atoms with Gasteiger partial charge in [-0.25, -0.2) is 4.79 Å². The predicted molar refractivity (Wildman–Crippen MR) is 115 cm³/mol. The topological polar surface area (TPSA) is 114 Å². The van der Waals surface area contributed by atoms with E-state index in [1.807, 2.05) is 20.8 Å². The first-order valence-electron chi connectivity index (χ1n) is 9.12. The van der Waals surface area contributed by atoms with E-state index in [0.29, 0.717) is 39.9 Å². The van der Waals surface area contributed by atoms with Gasteiger partial charge < -0.3 is 14.6 Å². The highest BCUT2D eigenvalue weighted by Gasteiger charge is 2.32. The summed E-state index contributed by atoms with van der Waals surface area (Å²) in [5.41, 5.74) is 0.723. The lowest BCUT2D eigenvalue weighted by Crippen LogP contribution is -2.28. The van der Waals surface area contributed by atoms with Crippen LogP contribution in [0.25, 0.3) is 6.08 Å². The lowest BCUT2D eigenvalue weighted by atomic mass is 10.2. The second-order valence-corrected chi connectivity index (χ2v) is 8.15. The number of rotatable bonds is 8. The maximum absolute atomic E-state index is 12.8. The Bertz CT molecular complexity index is 1020. The van der Waals surface area contributed by atoms with E-state index in [9.17, 15) is 9.59 Å². The van der Waals surface area contributed by atoms with Gasteiger partial charge >= 0.3 is 5.97 Å². The number of nitrogens with zero attached hydrogens (tertiary/aromatic N) is 4. The van der Waals surface area contributed by atoms with Crippen molar-refractivity contribution in [3.05, 3.63) is 33.7 Å². The number of carboxylic acid groups (broad SMARTS) is 1. The molecule has 1 aromatic carbocycles. The fraction of sp³-hybridized carbons (Fsp3) is 0.316. The number of aromatic nitrogens is 2. The van der Waals surface area contributed by atoms with Crippen LogP contribution < -0.4 is 9.47 Å². The summed E-state index contributed by atoms with van der Waals surface area (Å²) in [5.74, 6) is -0.481. The number of amidine groups is 1. The van der Waals surface area contributed by atoms with Crippen LogP contribution >= 0.6 is 23.1 Å². The van der Waals surface area contributed by atoms with Gasteiger partial charge in [-0.15, -0.1) is 10.2 Å². The number of aliphatic imine (C=N–C) groups is 1. The second kappa shape index (κ2) is 9.72. The van der Waals surface area contributed by atoms with Crippen LogP contribution in [0, 0.1) is 6.92 Å². The van der Waals surface area contributed by atoms with E-state index in [-0.39, 0.29) is 5.91 Å². The maximum Gasteiger partial charge on any atom is 0.341 e. The highest BCUT2D eigenvalue weighted by Crippen LogP contribution is 2.36. The number of ether oxygens (including phenoxy) is 2. The van der Waals surface area contributed by atoms with Crippen molar-refractivity contribution in [3.63, 3.8) is 0 Å². The van der Waals surface area contributed by atoms with Crippen molar-refractivity contribution in [2.75, 3.05) is 19.8 Å². The van der Waals surface area contributed by atoms with Crippen molar-refractivity contribution < 1.29 is 24.2 Å². The number of carboxylic acids is 1. The van der Waals surface area contributed by atoms with Crippen molar-refractivity contribution in [3.8, 4) is 11.5 Å². The fourth-order valence-corrected chi connectivity index (χ4v) is 4.24. The first-order valence-corrected chi connectivity index (χ1v) is 10.8. The average molecular weight is 449 g/mol. The lowest BCUT2D eigenvalue weighted by Gasteiger charge is -2.12. The number of aliphatic carboxylic acids is 1. The van der Waals surface area contributed by atoms with Crippen LogP contribution in [0.5, 0.6) is 11.5 Å².